The van der Waals surface area contributed by atoms with Crippen LogP contribution in [0, 0.1) is 0 Å². The summed E-state index contributed by atoms with van der Waals surface area (Å²) in [6.07, 6.45) is 1.19. The van der Waals surface area contributed by atoms with Gasteiger partial charge in [-0.2, -0.15) is 5.10 Å². The van der Waals surface area contributed by atoms with Crippen molar-refractivity contribution < 1.29 is 5.11 Å². The van der Waals surface area contributed by atoms with Gasteiger partial charge in [0.1, 0.15) is 12.2 Å². The van der Waals surface area contributed by atoms with E-state index in [2.05, 4.69) is 15.4 Å². The van der Waals surface area contributed by atoms with Crippen LogP contribution < -0.4 is 5.32 Å². The molecule has 2 atom stereocenters. The van der Waals surface area contributed by atoms with Crippen molar-refractivity contribution in [1.29, 1.82) is 0 Å². The second-order valence-corrected chi connectivity index (χ2v) is 3.07. The van der Waals surface area contributed by atoms with Crippen molar-refractivity contribution in [1.82, 2.24) is 20.1 Å². The smallest absolute Gasteiger partial charge is 0.138 e. The number of nitrogens with zero attached hydrogens (tertiary/aromatic N) is 3. The molecule has 2 heterocycles. The van der Waals surface area contributed by atoms with E-state index in [1.54, 1.807) is 4.68 Å². The highest BCUT2D eigenvalue weighted by molar-refractivity contribution is 5.03. The Morgan fingerprint density at radius 3 is 3.00 bits per heavy atom. The summed E-state index contributed by atoms with van der Waals surface area (Å²) >= 11 is 0. The fourth-order valence-corrected chi connectivity index (χ4v) is 1.57. The highest BCUT2D eigenvalue weighted by Crippen LogP contribution is 2.19. The zero-order valence-electron chi connectivity index (χ0n) is 6.94. The van der Waals surface area contributed by atoms with Crippen LogP contribution in [0.5, 0.6) is 0 Å². The van der Waals surface area contributed by atoms with E-state index in [-0.39, 0.29) is 12.0 Å². The van der Waals surface area contributed by atoms with Gasteiger partial charge in [0.05, 0.1) is 12.0 Å². The molecule has 0 amide bonds. The van der Waals surface area contributed by atoms with Gasteiger partial charge >= 0.3 is 0 Å². The second-order valence-electron chi connectivity index (χ2n) is 3.07. The van der Waals surface area contributed by atoms with E-state index >= 15 is 0 Å². The summed E-state index contributed by atoms with van der Waals surface area (Å²) in [4.78, 5) is 4.10. The number of β-amino-alcohol motifs (C(OH)–C–C–N with tert-alkyl or cyclic N) is 1. The van der Waals surface area contributed by atoms with Gasteiger partial charge < -0.3 is 10.4 Å². The van der Waals surface area contributed by atoms with E-state index < -0.39 is 0 Å². The van der Waals surface area contributed by atoms with E-state index in [0.29, 0.717) is 6.54 Å². The van der Waals surface area contributed by atoms with Gasteiger partial charge in [0.2, 0.25) is 0 Å². The third-order valence-electron chi connectivity index (χ3n) is 2.26. The van der Waals surface area contributed by atoms with Crippen molar-refractivity contribution in [2.75, 3.05) is 13.1 Å². The Balaban J connectivity index is 2.24. The van der Waals surface area contributed by atoms with E-state index in [1.165, 1.54) is 6.33 Å². The lowest BCUT2D eigenvalue weighted by Crippen LogP contribution is -2.19. The van der Waals surface area contributed by atoms with Crippen LogP contribution in [-0.4, -0.2) is 39.1 Å². The third kappa shape index (κ3) is 1.11. The third-order valence-corrected chi connectivity index (χ3v) is 2.26. The topological polar surface area (TPSA) is 63.0 Å². The quantitative estimate of drug-likeness (QED) is 0.556. The molecule has 1 aromatic rings. The molecule has 0 radical (unpaired) electrons. The molecule has 1 aliphatic rings. The molecule has 2 rings (SSSR count). The van der Waals surface area contributed by atoms with Crippen molar-refractivity contribution in [3.8, 4) is 0 Å². The molecule has 2 N–H and O–H groups in total. The molecule has 0 saturated carbocycles. The highest BCUT2D eigenvalue weighted by Gasteiger charge is 2.29. The monoisotopic (exact) mass is 168 g/mol. The number of hydrogen-bond acceptors (Lipinski definition) is 4. The summed E-state index contributed by atoms with van der Waals surface area (Å²) < 4.78 is 1.71. The van der Waals surface area contributed by atoms with Gasteiger partial charge in [-0.15, -0.1) is 0 Å². The minimum atomic E-state index is -0.326. The van der Waals surface area contributed by atoms with Crippen LogP contribution in [0.2, 0.25) is 0 Å². The van der Waals surface area contributed by atoms with Crippen molar-refractivity contribution in [2.45, 2.75) is 12.0 Å². The lowest BCUT2D eigenvalue weighted by atomic mass is 10.1. The minimum Gasteiger partial charge on any atom is -0.391 e. The molecule has 1 aliphatic heterocycles. The molecular formula is C7H12N4O. The molecule has 5 heteroatoms. The molecule has 5 nitrogen and oxygen atoms in total. The van der Waals surface area contributed by atoms with Crippen LogP contribution in [0.15, 0.2) is 6.33 Å². The lowest BCUT2D eigenvalue weighted by Gasteiger charge is -2.11. The zero-order valence-corrected chi connectivity index (χ0v) is 6.94. The summed E-state index contributed by atoms with van der Waals surface area (Å²) in [6.45, 7) is 1.44. The molecule has 0 spiro atoms. The van der Waals surface area contributed by atoms with Crippen LogP contribution in [-0.2, 0) is 7.05 Å². The van der Waals surface area contributed by atoms with Crippen LogP contribution in [0.3, 0.4) is 0 Å². The number of aryl methyl sites for hydroxylation is 1. The van der Waals surface area contributed by atoms with Crippen molar-refractivity contribution in [3.05, 3.63) is 12.2 Å². The highest BCUT2D eigenvalue weighted by atomic mass is 16.3. The Bertz CT molecular complexity index is 272. The summed E-state index contributed by atoms with van der Waals surface area (Å²) in [7, 11) is 1.84. The molecule has 1 fully saturated rings. The number of aliphatic hydroxyl groups is 1. The van der Waals surface area contributed by atoms with E-state index in [1.807, 2.05) is 7.05 Å². The predicted octanol–water partition coefficient (Wildman–Crippen LogP) is -1.14. The fourth-order valence-electron chi connectivity index (χ4n) is 1.57. The molecule has 0 aromatic carbocycles. The molecule has 66 valence electrons. The van der Waals surface area contributed by atoms with Gasteiger partial charge in [-0.25, -0.2) is 4.98 Å². The summed E-state index contributed by atoms with van der Waals surface area (Å²) in [6, 6.07) is 0. The normalized spacial score (nSPS) is 29.5. The number of rotatable bonds is 1. The summed E-state index contributed by atoms with van der Waals surface area (Å²) in [5.74, 6) is 0.949. The van der Waals surface area contributed by atoms with Gasteiger partial charge in [0.25, 0.3) is 0 Å². The van der Waals surface area contributed by atoms with Crippen LogP contribution in [0.1, 0.15) is 11.7 Å². The predicted molar refractivity (Wildman–Crippen MR) is 42.6 cm³/mol. The lowest BCUT2D eigenvalue weighted by molar-refractivity contribution is 0.173. The van der Waals surface area contributed by atoms with Crippen molar-refractivity contribution in [3.63, 3.8) is 0 Å². The van der Waals surface area contributed by atoms with E-state index in [0.717, 1.165) is 12.4 Å². The van der Waals surface area contributed by atoms with E-state index in [9.17, 15) is 5.11 Å². The Morgan fingerprint density at radius 1 is 1.67 bits per heavy atom. The number of hydrogen-bond donors (Lipinski definition) is 2. The molecule has 1 saturated heterocycles. The average Bonchev–Trinajstić information content (AvgIpc) is 2.59. The first-order valence-electron chi connectivity index (χ1n) is 4.01. The Hall–Kier alpha value is -0.940. The fraction of sp³-hybridized carbons (Fsp3) is 0.714. The van der Waals surface area contributed by atoms with E-state index in [4.69, 9.17) is 0 Å². The Labute approximate surface area is 70.4 Å². The average molecular weight is 168 g/mol. The van der Waals surface area contributed by atoms with Crippen LogP contribution in [0.4, 0.5) is 0 Å². The maximum absolute atomic E-state index is 9.54. The SMILES string of the molecule is Cn1ncnc1[C@@H]1CNC[C@H]1O. The number of aliphatic hydroxyl groups excluding tert-OH is 1. The van der Waals surface area contributed by atoms with Gasteiger partial charge in [-0.1, -0.05) is 0 Å². The van der Waals surface area contributed by atoms with Crippen molar-refractivity contribution >= 4 is 0 Å². The number of aromatic nitrogens is 3. The summed E-state index contributed by atoms with van der Waals surface area (Å²) in [5, 5.41) is 16.6. The Kier molecular flexibility index (Phi) is 1.82. The number of nitrogens with one attached hydrogen (secondary N) is 1. The van der Waals surface area contributed by atoms with Gasteiger partial charge in [-0.3, -0.25) is 4.68 Å². The Morgan fingerprint density at radius 2 is 2.50 bits per heavy atom. The molecule has 12 heavy (non-hydrogen) atoms. The van der Waals surface area contributed by atoms with Crippen LogP contribution in [0.25, 0.3) is 0 Å². The molecular weight excluding hydrogens is 156 g/mol. The van der Waals surface area contributed by atoms with Crippen LogP contribution >= 0.6 is 0 Å². The first-order valence-corrected chi connectivity index (χ1v) is 4.01. The molecule has 1 aromatic heterocycles. The van der Waals surface area contributed by atoms with Crippen molar-refractivity contribution in [2.24, 2.45) is 7.05 Å². The first-order chi connectivity index (χ1) is 5.79. The standard InChI is InChI=1S/C7H12N4O/c1-11-7(9-4-10-11)5-2-8-3-6(5)12/h4-6,8,12H,2-3H2,1H3/t5-,6-/m1/s1. The largest absolute Gasteiger partial charge is 0.391 e. The molecule has 0 aliphatic carbocycles. The maximum atomic E-state index is 9.54. The zero-order chi connectivity index (χ0) is 8.55. The second kappa shape index (κ2) is 2.84. The van der Waals surface area contributed by atoms with Gasteiger partial charge in [0, 0.05) is 20.1 Å². The molecule has 0 bridgehead atoms. The molecule has 0 unspecified atom stereocenters. The van der Waals surface area contributed by atoms with Gasteiger partial charge in [-0.05, 0) is 0 Å². The summed E-state index contributed by atoms with van der Waals surface area (Å²) in [5.41, 5.74) is 0. The minimum absolute atomic E-state index is 0.0949. The van der Waals surface area contributed by atoms with Gasteiger partial charge in [0.15, 0.2) is 0 Å². The maximum Gasteiger partial charge on any atom is 0.138 e. The first kappa shape index (κ1) is 7.70.